The zero-order valence-corrected chi connectivity index (χ0v) is 15.7. The molecule has 2 aromatic carbocycles. The minimum Gasteiger partial charge on any atom is -0.497 e. The van der Waals surface area contributed by atoms with Crippen molar-refractivity contribution < 1.29 is 14.3 Å². The second kappa shape index (κ2) is 8.68. The van der Waals surface area contributed by atoms with E-state index in [0.717, 1.165) is 31.7 Å². The maximum absolute atomic E-state index is 12.7. The van der Waals surface area contributed by atoms with E-state index in [-0.39, 0.29) is 17.7 Å². The van der Waals surface area contributed by atoms with E-state index in [1.54, 1.807) is 49.6 Å². The van der Waals surface area contributed by atoms with Crippen LogP contribution in [-0.4, -0.2) is 44.0 Å². The monoisotopic (exact) mass is 367 g/mol. The lowest BCUT2D eigenvalue weighted by atomic mass is 9.89. The van der Waals surface area contributed by atoms with Crippen molar-refractivity contribution in [1.82, 2.24) is 4.90 Å². The molecule has 1 saturated heterocycles. The molecule has 0 spiro atoms. The van der Waals surface area contributed by atoms with Gasteiger partial charge in [-0.3, -0.25) is 4.79 Å². The van der Waals surface area contributed by atoms with Crippen molar-refractivity contribution in [1.29, 1.82) is 0 Å². The molecular weight excluding hydrogens is 342 g/mol. The van der Waals surface area contributed by atoms with Crippen LogP contribution in [-0.2, 0) is 0 Å². The summed E-state index contributed by atoms with van der Waals surface area (Å²) in [6, 6.07) is 13.8. The fourth-order valence-corrected chi connectivity index (χ4v) is 3.22. The summed E-state index contributed by atoms with van der Waals surface area (Å²) in [7, 11) is 3.67. The Bertz CT molecular complexity index is 797. The van der Waals surface area contributed by atoms with Gasteiger partial charge in [-0.05, 0) is 69.4 Å². The van der Waals surface area contributed by atoms with Gasteiger partial charge in [0.1, 0.15) is 5.75 Å². The van der Waals surface area contributed by atoms with E-state index < -0.39 is 0 Å². The van der Waals surface area contributed by atoms with E-state index in [0.29, 0.717) is 16.9 Å². The SMILES string of the molecule is COc1ccc(NC(=O)Nc2cccc(C(=O)C3CCN(C)CC3)c2)cc1. The molecule has 2 N–H and O–H groups in total. The third kappa shape index (κ3) is 5.08. The highest BCUT2D eigenvalue weighted by molar-refractivity contribution is 6.02. The Morgan fingerprint density at radius 3 is 2.33 bits per heavy atom. The fraction of sp³-hybridized carbons (Fsp3) is 0.333. The zero-order chi connectivity index (χ0) is 19.2. The second-order valence-electron chi connectivity index (χ2n) is 6.83. The minimum absolute atomic E-state index is 0.0598. The second-order valence-corrected chi connectivity index (χ2v) is 6.83. The summed E-state index contributed by atoms with van der Waals surface area (Å²) >= 11 is 0. The lowest BCUT2D eigenvalue weighted by molar-refractivity contribution is 0.0857. The smallest absolute Gasteiger partial charge is 0.323 e. The van der Waals surface area contributed by atoms with Crippen LogP contribution in [0, 0.1) is 5.92 Å². The van der Waals surface area contributed by atoms with Gasteiger partial charge in [-0.15, -0.1) is 0 Å². The van der Waals surface area contributed by atoms with Gasteiger partial charge >= 0.3 is 6.03 Å². The first-order valence-electron chi connectivity index (χ1n) is 9.10. The van der Waals surface area contributed by atoms with Crippen molar-refractivity contribution in [3.05, 3.63) is 54.1 Å². The van der Waals surface area contributed by atoms with Crippen LogP contribution in [0.3, 0.4) is 0 Å². The van der Waals surface area contributed by atoms with Gasteiger partial charge in [0.05, 0.1) is 7.11 Å². The maximum Gasteiger partial charge on any atom is 0.323 e. The number of methoxy groups -OCH3 is 1. The number of likely N-dealkylation sites (tertiary alicyclic amines) is 1. The number of nitrogens with zero attached hydrogens (tertiary/aromatic N) is 1. The molecule has 6 heteroatoms. The van der Waals surface area contributed by atoms with Crippen LogP contribution in [0.4, 0.5) is 16.2 Å². The third-order valence-electron chi connectivity index (χ3n) is 4.84. The molecule has 0 bridgehead atoms. The summed E-state index contributed by atoms with van der Waals surface area (Å²) in [6.07, 6.45) is 1.76. The van der Waals surface area contributed by atoms with Crippen molar-refractivity contribution in [3.8, 4) is 5.75 Å². The first kappa shape index (κ1) is 18.9. The predicted octanol–water partition coefficient (Wildman–Crippen LogP) is 3.86. The van der Waals surface area contributed by atoms with Gasteiger partial charge in [-0.2, -0.15) is 0 Å². The topological polar surface area (TPSA) is 70.7 Å². The molecule has 0 unspecified atom stereocenters. The molecule has 27 heavy (non-hydrogen) atoms. The van der Waals surface area contributed by atoms with Gasteiger partial charge in [-0.1, -0.05) is 12.1 Å². The Balaban J connectivity index is 1.61. The van der Waals surface area contributed by atoms with E-state index in [4.69, 9.17) is 4.74 Å². The van der Waals surface area contributed by atoms with E-state index in [2.05, 4.69) is 22.6 Å². The predicted molar refractivity (Wildman–Crippen MR) is 107 cm³/mol. The maximum atomic E-state index is 12.7. The van der Waals surface area contributed by atoms with Gasteiger partial charge in [0, 0.05) is 22.9 Å². The molecule has 6 nitrogen and oxygen atoms in total. The highest BCUT2D eigenvalue weighted by atomic mass is 16.5. The van der Waals surface area contributed by atoms with Gasteiger partial charge in [0.25, 0.3) is 0 Å². The van der Waals surface area contributed by atoms with Crippen LogP contribution in [0.5, 0.6) is 5.75 Å². The zero-order valence-electron chi connectivity index (χ0n) is 15.7. The molecular formula is C21H25N3O3. The average Bonchev–Trinajstić information content (AvgIpc) is 2.69. The molecule has 0 saturated carbocycles. The van der Waals surface area contributed by atoms with Crippen LogP contribution in [0.1, 0.15) is 23.2 Å². The van der Waals surface area contributed by atoms with Crippen molar-refractivity contribution in [3.63, 3.8) is 0 Å². The molecule has 3 rings (SSSR count). The quantitative estimate of drug-likeness (QED) is 0.787. The lowest BCUT2D eigenvalue weighted by Gasteiger charge is -2.28. The van der Waals surface area contributed by atoms with Crippen molar-refractivity contribution in [2.24, 2.45) is 5.92 Å². The number of carbonyl (C=O) groups is 2. The molecule has 1 heterocycles. The molecule has 0 atom stereocenters. The van der Waals surface area contributed by atoms with Crippen molar-refractivity contribution >= 4 is 23.2 Å². The first-order chi connectivity index (χ1) is 13.0. The molecule has 0 aromatic heterocycles. The van der Waals surface area contributed by atoms with Crippen molar-refractivity contribution in [2.75, 3.05) is 37.9 Å². The van der Waals surface area contributed by atoms with Gasteiger partial charge in [0.15, 0.2) is 5.78 Å². The Morgan fingerprint density at radius 1 is 1.00 bits per heavy atom. The number of amides is 2. The van der Waals surface area contributed by atoms with Crippen LogP contribution in [0.2, 0.25) is 0 Å². The van der Waals surface area contributed by atoms with E-state index in [9.17, 15) is 9.59 Å². The summed E-state index contributed by atoms with van der Waals surface area (Å²) in [5, 5.41) is 5.55. The number of carbonyl (C=O) groups excluding carboxylic acids is 2. The van der Waals surface area contributed by atoms with Gasteiger partial charge in [-0.25, -0.2) is 4.79 Å². The number of ether oxygens (including phenoxy) is 1. The summed E-state index contributed by atoms with van der Waals surface area (Å²) in [4.78, 5) is 27.2. The molecule has 0 radical (unpaired) electrons. The largest absolute Gasteiger partial charge is 0.497 e. The first-order valence-corrected chi connectivity index (χ1v) is 9.10. The van der Waals surface area contributed by atoms with Crippen molar-refractivity contribution in [2.45, 2.75) is 12.8 Å². The highest BCUT2D eigenvalue weighted by Crippen LogP contribution is 2.23. The highest BCUT2D eigenvalue weighted by Gasteiger charge is 2.24. The van der Waals surface area contributed by atoms with Gasteiger partial charge in [0.2, 0.25) is 0 Å². The summed E-state index contributed by atoms with van der Waals surface area (Å²) < 4.78 is 5.10. The standard InChI is InChI=1S/C21H25N3O3/c1-24-12-10-15(11-13-24)20(25)16-4-3-5-18(14-16)23-21(26)22-17-6-8-19(27-2)9-7-17/h3-9,14-15H,10-13H2,1-2H3,(H2,22,23,26). The number of nitrogens with one attached hydrogen (secondary N) is 2. The number of hydrogen-bond donors (Lipinski definition) is 2. The molecule has 1 aliphatic rings. The molecule has 2 aromatic rings. The number of anilines is 2. The summed E-state index contributed by atoms with van der Waals surface area (Å²) in [6.45, 7) is 1.89. The lowest BCUT2D eigenvalue weighted by Crippen LogP contribution is -2.33. The molecule has 1 aliphatic heterocycles. The Morgan fingerprint density at radius 2 is 1.67 bits per heavy atom. The fourth-order valence-electron chi connectivity index (χ4n) is 3.22. The van der Waals surface area contributed by atoms with E-state index in [1.165, 1.54) is 0 Å². The molecule has 142 valence electrons. The summed E-state index contributed by atoms with van der Waals surface area (Å²) in [5.74, 6) is 0.938. The summed E-state index contributed by atoms with van der Waals surface area (Å²) in [5.41, 5.74) is 1.90. The average molecular weight is 367 g/mol. The normalized spacial score (nSPS) is 15.2. The third-order valence-corrected chi connectivity index (χ3v) is 4.84. The Labute approximate surface area is 159 Å². The molecule has 0 aliphatic carbocycles. The number of ketones is 1. The van der Waals surface area contributed by atoms with Gasteiger partial charge < -0.3 is 20.3 Å². The van der Waals surface area contributed by atoms with Crippen LogP contribution < -0.4 is 15.4 Å². The number of benzene rings is 2. The Kier molecular flexibility index (Phi) is 6.08. The van der Waals surface area contributed by atoms with Crippen LogP contribution >= 0.6 is 0 Å². The number of piperidine rings is 1. The number of urea groups is 1. The number of Topliss-reactive ketones (excluding diaryl/α,β-unsaturated/α-hetero) is 1. The minimum atomic E-state index is -0.357. The van der Waals surface area contributed by atoms with Crippen LogP contribution in [0.15, 0.2) is 48.5 Å². The number of rotatable bonds is 5. The number of hydrogen-bond acceptors (Lipinski definition) is 4. The Hall–Kier alpha value is -2.86. The molecule has 1 fully saturated rings. The van der Waals surface area contributed by atoms with Crippen LogP contribution in [0.25, 0.3) is 0 Å². The molecule has 2 amide bonds. The van der Waals surface area contributed by atoms with E-state index >= 15 is 0 Å². The van der Waals surface area contributed by atoms with E-state index in [1.807, 2.05) is 6.07 Å².